The van der Waals surface area contributed by atoms with Crippen LogP contribution >= 0.6 is 0 Å². The summed E-state index contributed by atoms with van der Waals surface area (Å²) < 4.78 is 13.2. The number of piperidine rings is 1. The molecule has 0 radical (unpaired) electrons. The van der Waals surface area contributed by atoms with E-state index in [1.165, 1.54) is 23.8 Å². The fourth-order valence-corrected chi connectivity index (χ4v) is 4.77. The van der Waals surface area contributed by atoms with E-state index in [4.69, 9.17) is 15.2 Å². The van der Waals surface area contributed by atoms with Crippen LogP contribution in [0.2, 0.25) is 0 Å². The summed E-state index contributed by atoms with van der Waals surface area (Å²) in [6, 6.07) is 16.1. The third-order valence-electron chi connectivity index (χ3n) is 6.82. The molecule has 4 aromatic rings. The molecule has 1 fully saturated rings. The number of nitrogens with one attached hydrogen (secondary N) is 1. The molecule has 220 valence electrons. The Hall–Kier alpha value is -4.64. The molecule has 11 nitrogen and oxygen atoms in total. The van der Waals surface area contributed by atoms with Gasteiger partial charge in [-0.2, -0.15) is 5.01 Å². The Labute approximate surface area is 245 Å². The fraction of sp³-hybridized carbons (Fsp3) is 0.355. The Kier molecular flexibility index (Phi) is 8.30. The minimum absolute atomic E-state index is 0.298. The number of aryl methyl sites for hydroxylation is 1. The second kappa shape index (κ2) is 12.1. The Morgan fingerprint density at radius 1 is 1.02 bits per heavy atom. The zero-order chi connectivity index (χ0) is 29.9. The van der Waals surface area contributed by atoms with Crippen molar-refractivity contribution in [3.8, 4) is 11.6 Å². The highest BCUT2D eigenvalue weighted by atomic mass is 16.6. The number of anilines is 2. The van der Waals surface area contributed by atoms with E-state index >= 15 is 0 Å². The molecule has 0 atom stereocenters. The van der Waals surface area contributed by atoms with Crippen molar-refractivity contribution in [2.45, 2.75) is 59.1 Å². The number of carbonyl (C=O) groups excluding carboxylic acids is 2. The van der Waals surface area contributed by atoms with Gasteiger partial charge in [-0.05, 0) is 89.0 Å². The smallest absolute Gasteiger partial charge is 0.434 e. The molecule has 2 aromatic heterocycles. The van der Waals surface area contributed by atoms with Crippen molar-refractivity contribution in [2.75, 3.05) is 23.8 Å². The maximum atomic E-state index is 13.4. The van der Waals surface area contributed by atoms with E-state index < -0.39 is 17.6 Å². The Bertz CT molecular complexity index is 1570. The predicted molar refractivity (Wildman–Crippen MR) is 160 cm³/mol. The highest BCUT2D eigenvalue weighted by molar-refractivity contribution is 6.00. The number of ether oxygens (including phenoxy) is 2. The monoisotopic (exact) mass is 571 g/mol. The first-order chi connectivity index (χ1) is 20.0. The van der Waals surface area contributed by atoms with Gasteiger partial charge in [0.05, 0.1) is 11.9 Å². The molecule has 1 aliphatic heterocycles. The van der Waals surface area contributed by atoms with Gasteiger partial charge in [-0.15, -0.1) is 5.10 Å². The van der Waals surface area contributed by atoms with Crippen LogP contribution in [0.15, 0.2) is 60.8 Å². The highest BCUT2D eigenvalue weighted by Gasteiger charge is 2.27. The van der Waals surface area contributed by atoms with Crippen molar-refractivity contribution in [1.29, 1.82) is 0 Å². The molecule has 0 bridgehead atoms. The fourth-order valence-electron chi connectivity index (χ4n) is 4.77. The minimum Gasteiger partial charge on any atom is -0.442 e. The van der Waals surface area contributed by atoms with Crippen LogP contribution in [-0.2, 0) is 11.3 Å². The van der Waals surface area contributed by atoms with Crippen molar-refractivity contribution < 1.29 is 19.1 Å². The number of rotatable bonds is 6. The maximum absolute atomic E-state index is 13.4. The number of likely N-dealkylation sites (tertiary alicyclic amines) is 1. The SMILES string of the molecule is Cc1ccc(Oc2ccc3nc(N)cn3n2)cc1N(NC(=O)c1ccc(CN2CCCCC2)cc1)C(=O)OC(C)(C)C. The molecule has 5 rings (SSSR count). The second-order valence-electron chi connectivity index (χ2n) is 11.5. The average Bonchev–Trinajstić information content (AvgIpc) is 3.32. The molecule has 2 aromatic carbocycles. The standard InChI is InChI=1S/C31H37N7O4/c1-21-8-13-24(41-28-15-14-27-33-26(32)20-37(27)34-28)18-25(21)38(30(40)42-31(2,3)4)35-29(39)23-11-9-22(10-12-23)19-36-16-6-5-7-17-36/h8-15,18,20H,5-7,16-17,19,32H2,1-4H3,(H,35,39). The molecule has 2 amide bonds. The number of nitrogen functional groups attached to an aromatic ring is 1. The number of imidazole rings is 1. The molecular weight excluding hydrogens is 534 g/mol. The van der Waals surface area contributed by atoms with E-state index in [0.29, 0.717) is 34.3 Å². The number of benzene rings is 2. The Balaban J connectivity index is 1.37. The lowest BCUT2D eigenvalue weighted by Crippen LogP contribution is -2.49. The predicted octanol–water partition coefficient (Wildman–Crippen LogP) is 5.48. The molecule has 3 heterocycles. The summed E-state index contributed by atoms with van der Waals surface area (Å²) in [5, 5.41) is 5.49. The van der Waals surface area contributed by atoms with Crippen molar-refractivity contribution in [3.63, 3.8) is 0 Å². The molecule has 3 N–H and O–H groups in total. The first-order valence-corrected chi connectivity index (χ1v) is 14.1. The largest absolute Gasteiger partial charge is 0.442 e. The first-order valence-electron chi connectivity index (χ1n) is 14.1. The van der Waals surface area contributed by atoms with Crippen molar-refractivity contribution in [2.24, 2.45) is 0 Å². The summed E-state index contributed by atoms with van der Waals surface area (Å²) in [7, 11) is 0. The van der Waals surface area contributed by atoms with Crippen LogP contribution in [0.25, 0.3) is 5.65 Å². The topological polar surface area (TPSA) is 127 Å². The summed E-state index contributed by atoms with van der Waals surface area (Å²) in [4.78, 5) is 33.4. The number of hydrogen-bond acceptors (Lipinski definition) is 8. The summed E-state index contributed by atoms with van der Waals surface area (Å²) in [6.45, 7) is 10.2. The molecule has 11 heteroatoms. The lowest BCUT2D eigenvalue weighted by Gasteiger charge is -2.29. The van der Waals surface area contributed by atoms with Gasteiger partial charge in [0.25, 0.3) is 5.91 Å². The molecule has 0 saturated carbocycles. The minimum atomic E-state index is -0.788. The van der Waals surface area contributed by atoms with Crippen LogP contribution in [0, 0.1) is 6.92 Å². The number of nitrogens with zero attached hydrogens (tertiary/aromatic N) is 5. The number of fused-ring (bicyclic) bond motifs is 1. The van der Waals surface area contributed by atoms with Crippen LogP contribution < -0.4 is 20.9 Å². The van der Waals surface area contributed by atoms with E-state index in [2.05, 4.69) is 20.4 Å². The van der Waals surface area contributed by atoms with Gasteiger partial charge >= 0.3 is 6.09 Å². The van der Waals surface area contributed by atoms with Gasteiger partial charge in [-0.1, -0.05) is 24.6 Å². The number of carbonyl (C=O) groups is 2. The van der Waals surface area contributed by atoms with Gasteiger partial charge in [-0.25, -0.2) is 14.3 Å². The van der Waals surface area contributed by atoms with Gasteiger partial charge in [-0.3, -0.25) is 15.1 Å². The first kappa shape index (κ1) is 28.9. The molecule has 1 aliphatic rings. The average molecular weight is 572 g/mol. The Morgan fingerprint density at radius 2 is 1.76 bits per heavy atom. The van der Waals surface area contributed by atoms with Crippen molar-refractivity contribution >= 4 is 29.2 Å². The highest BCUT2D eigenvalue weighted by Crippen LogP contribution is 2.29. The molecule has 42 heavy (non-hydrogen) atoms. The molecular formula is C31H37N7O4. The van der Waals surface area contributed by atoms with E-state index in [0.717, 1.165) is 35.8 Å². The zero-order valence-corrected chi connectivity index (χ0v) is 24.5. The third-order valence-corrected chi connectivity index (χ3v) is 6.82. The number of amides is 2. The number of hydrogen-bond donors (Lipinski definition) is 2. The maximum Gasteiger partial charge on any atom is 0.434 e. The van der Waals surface area contributed by atoms with Crippen LogP contribution in [-0.4, -0.2) is 50.2 Å². The van der Waals surface area contributed by atoms with Gasteiger partial charge in [0.15, 0.2) is 5.65 Å². The zero-order valence-electron chi connectivity index (χ0n) is 24.5. The molecule has 0 spiro atoms. The van der Waals surface area contributed by atoms with Crippen molar-refractivity contribution in [1.82, 2.24) is 24.9 Å². The number of aromatic nitrogens is 3. The quantitative estimate of drug-likeness (QED) is 0.291. The van der Waals surface area contributed by atoms with Crippen LogP contribution in [0.3, 0.4) is 0 Å². The number of hydrazine groups is 1. The van der Waals surface area contributed by atoms with Crippen LogP contribution in [0.4, 0.5) is 16.3 Å². The molecule has 0 unspecified atom stereocenters. The van der Waals surface area contributed by atoms with E-state index in [1.807, 2.05) is 19.1 Å². The van der Waals surface area contributed by atoms with Crippen LogP contribution in [0.5, 0.6) is 11.6 Å². The summed E-state index contributed by atoms with van der Waals surface area (Å²) in [5.74, 6) is 0.603. The van der Waals surface area contributed by atoms with Gasteiger partial charge in [0, 0.05) is 24.2 Å². The van der Waals surface area contributed by atoms with Gasteiger partial charge in [0.2, 0.25) is 5.88 Å². The number of nitrogens with two attached hydrogens (primary N) is 1. The molecule has 1 saturated heterocycles. The van der Waals surface area contributed by atoms with Crippen LogP contribution in [0.1, 0.15) is 61.5 Å². The summed E-state index contributed by atoms with van der Waals surface area (Å²) in [5.41, 5.74) is 11.0. The van der Waals surface area contributed by atoms with E-state index in [1.54, 1.807) is 69.4 Å². The molecule has 0 aliphatic carbocycles. The Morgan fingerprint density at radius 3 is 2.48 bits per heavy atom. The lowest BCUT2D eigenvalue weighted by atomic mass is 10.1. The normalized spacial score (nSPS) is 14.0. The summed E-state index contributed by atoms with van der Waals surface area (Å²) in [6.07, 6.45) is 4.58. The second-order valence-corrected chi connectivity index (χ2v) is 11.5. The van der Waals surface area contributed by atoms with Gasteiger partial charge < -0.3 is 15.2 Å². The van der Waals surface area contributed by atoms with Gasteiger partial charge in [0.1, 0.15) is 17.2 Å². The lowest BCUT2D eigenvalue weighted by molar-refractivity contribution is 0.0548. The van der Waals surface area contributed by atoms with E-state index in [-0.39, 0.29) is 0 Å². The van der Waals surface area contributed by atoms with Crippen molar-refractivity contribution in [3.05, 3.63) is 77.5 Å². The van der Waals surface area contributed by atoms with E-state index in [9.17, 15) is 9.59 Å². The summed E-state index contributed by atoms with van der Waals surface area (Å²) >= 11 is 0. The third kappa shape index (κ3) is 7.16.